The van der Waals surface area contributed by atoms with Crippen LogP contribution >= 0.6 is 0 Å². The summed E-state index contributed by atoms with van der Waals surface area (Å²) in [5.41, 5.74) is 2.12. The Morgan fingerprint density at radius 2 is 2.17 bits per heavy atom. The average Bonchev–Trinajstić information content (AvgIpc) is 2.32. The van der Waals surface area contributed by atoms with E-state index in [1.54, 1.807) is 7.11 Å². The van der Waals surface area contributed by atoms with Gasteiger partial charge in [0.15, 0.2) is 0 Å². The number of hydrogen-bond acceptors (Lipinski definition) is 3. The monoisotopic (exact) mass is 170 g/mol. The third kappa shape index (κ3) is 2.23. The van der Waals surface area contributed by atoms with Crippen molar-refractivity contribution in [3.8, 4) is 0 Å². The summed E-state index contributed by atoms with van der Waals surface area (Å²) < 4.78 is 4.83. The molecule has 1 aromatic heterocycles. The Kier molecular flexibility index (Phi) is 3.10. The maximum Gasteiger partial charge on any atom is 0.140 e. The fourth-order valence-electron chi connectivity index (χ4n) is 0.795. The molecule has 4 nitrogen and oxygen atoms in total. The van der Waals surface area contributed by atoms with Gasteiger partial charge in [0.2, 0.25) is 0 Å². The third-order valence-corrected chi connectivity index (χ3v) is 1.63. The predicted molar refractivity (Wildman–Crippen MR) is 45.0 cm³/mol. The zero-order valence-corrected chi connectivity index (χ0v) is 7.70. The van der Waals surface area contributed by atoms with Crippen LogP contribution in [0.4, 0.5) is 0 Å². The van der Waals surface area contributed by atoms with Gasteiger partial charge >= 0.3 is 0 Å². The highest BCUT2D eigenvalue weighted by Crippen LogP contribution is 2.00. The van der Waals surface area contributed by atoms with E-state index in [2.05, 4.69) is 5.10 Å². The maximum absolute atomic E-state index is 5.23. The Labute approximate surface area is 72.0 Å². The highest BCUT2D eigenvalue weighted by atomic mass is 16.7. The first kappa shape index (κ1) is 9.06. The molecular formula is C8H14N2O2. The Balaban J connectivity index is 2.42. The Hall–Kier alpha value is -1.03. The summed E-state index contributed by atoms with van der Waals surface area (Å²) in [7, 11) is 1.64. The molecule has 0 radical (unpaired) electrons. The van der Waals surface area contributed by atoms with Crippen LogP contribution in [0.15, 0.2) is 6.20 Å². The van der Waals surface area contributed by atoms with Crippen molar-refractivity contribution < 1.29 is 9.57 Å². The van der Waals surface area contributed by atoms with E-state index in [4.69, 9.17) is 9.57 Å². The zero-order valence-electron chi connectivity index (χ0n) is 7.70. The molecule has 0 spiro atoms. The van der Waals surface area contributed by atoms with E-state index in [1.165, 1.54) is 4.85 Å². The molecule has 0 N–H and O–H groups in total. The second kappa shape index (κ2) is 4.11. The van der Waals surface area contributed by atoms with Crippen molar-refractivity contribution in [1.82, 2.24) is 9.94 Å². The quantitative estimate of drug-likeness (QED) is 0.620. The van der Waals surface area contributed by atoms with E-state index in [0.717, 1.165) is 11.3 Å². The zero-order chi connectivity index (χ0) is 8.97. The number of aryl methyl sites for hydroxylation is 2. The van der Waals surface area contributed by atoms with Crippen LogP contribution in [0.25, 0.3) is 0 Å². The van der Waals surface area contributed by atoms with Crippen molar-refractivity contribution in [2.75, 3.05) is 20.3 Å². The number of rotatable bonds is 4. The third-order valence-electron chi connectivity index (χ3n) is 1.63. The standard InChI is InChI=1S/C8H14N2O2/c1-7-6-10(9-8(7)2)12-5-4-11-3/h6H,4-5H2,1-3H3. The minimum atomic E-state index is 0.525. The van der Waals surface area contributed by atoms with Crippen LogP contribution in [-0.4, -0.2) is 30.3 Å². The van der Waals surface area contributed by atoms with Gasteiger partial charge in [-0.2, -0.15) is 0 Å². The molecule has 1 heterocycles. The molecule has 12 heavy (non-hydrogen) atoms. The van der Waals surface area contributed by atoms with E-state index in [0.29, 0.717) is 13.2 Å². The van der Waals surface area contributed by atoms with Crippen LogP contribution in [0, 0.1) is 13.8 Å². The van der Waals surface area contributed by atoms with Crippen molar-refractivity contribution in [3.63, 3.8) is 0 Å². The Morgan fingerprint density at radius 3 is 2.67 bits per heavy atom. The van der Waals surface area contributed by atoms with Crippen molar-refractivity contribution >= 4 is 0 Å². The van der Waals surface area contributed by atoms with Crippen LogP contribution < -0.4 is 4.84 Å². The number of methoxy groups -OCH3 is 1. The number of nitrogens with zero attached hydrogens (tertiary/aromatic N) is 2. The van der Waals surface area contributed by atoms with E-state index in [9.17, 15) is 0 Å². The van der Waals surface area contributed by atoms with Crippen LogP contribution in [0.1, 0.15) is 11.3 Å². The molecule has 0 aliphatic rings. The lowest BCUT2D eigenvalue weighted by Crippen LogP contribution is -2.16. The highest BCUT2D eigenvalue weighted by Gasteiger charge is 1.98. The first-order valence-electron chi connectivity index (χ1n) is 3.89. The summed E-state index contributed by atoms with van der Waals surface area (Å²) in [5.74, 6) is 0. The average molecular weight is 170 g/mol. The first-order chi connectivity index (χ1) is 5.74. The van der Waals surface area contributed by atoms with Crippen LogP contribution in [0.2, 0.25) is 0 Å². The summed E-state index contributed by atoms with van der Waals surface area (Å²) in [5, 5.41) is 4.12. The second-order valence-electron chi connectivity index (χ2n) is 2.63. The molecule has 1 rings (SSSR count). The molecule has 1 aromatic rings. The van der Waals surface area contributed by atoms with Gasteiger partial charge in [-0.1, -0.05) is 0 Å². The van der Waals surface area contributed by atoms with Gasteiger partial charge in [0.05, 0.1) is 18.5 Å². The number of aromatic nitrogens is 2. The van der Waals surface area contributed by atoms with Gasteiger partial charge in [0.25, 0.3) is 0 Å². The van der Waals surface area contributed by atoms with Crippen molar-refractivity contribution in [2.45, 2.75) is 13.8 Å². The topological polar surface area (TPSA) is 36.3 Å². The van der Waals surface area contributed by atoms with Gasteiger partial charge in [0.1, 0.15) is 6.61 Å². The van der Waals surface area contributed by atoms with Crippen molar-refractivity contribution in [2.24, 2.45) is 0 Å². The molecule has 0 saturated carbocycles. The summed E-state index contributed by atoms with van der Waals surface area (Å²) in [6, 6.07) is 0. The number of hydrogen-bond donors (Lipinski definition) is 0. The van der Waals surface area contributed by atoms with Crippen LogP contribution in [0.3, 0.4) is 0 Å². The molecule has 0 aliphatic heterocycles. The van der Waals surface area contributed by atoms with Gasteiger partial charge in [-0.3, -0.25) is 0 Å². The molecule has 0 aliphatic carbocycles. The molecule has 0 fully saturated rings. The largest absolute Gasteiger partial charge is 0.394 e. The van der Waals surface area contributed by atoms with E-state index in [-0.39, 0.29) is 0 Å². The van der Waals surface area contributed by atoms with Gasteiger partial charge in [0, 0.05) is 7.11 Å². The molecule has 0 bridgehead atoms. The molecule has 68 valence electrons. The molecule has 0 amide bonds. The van der Waals surface area contributed by atoms with Crippen LogP contribution in [-0.2, 0) is 4.74 Å². The first-order valence-corrected chi connectivity index (χ1v) is 3.89. The minimum absolute atomic E-state index is 0.525. The molecule has 4 heteroatoms. The Bertz CT molecular complexity index is 226. The summed E-state index contributed by atoms with van der Waals surface area (Å²) in [6.07, 6.45) is 1.85. The normalized spacial score (nSPS) is 10.2. The lowest BCUT2D eigenvalue weighted by molar-refractivity contribution is 0.0393. The van der Waals surface area contributed by atoms with E-state index in [1.807, 2.05) is 20.0 Å². The smallest absolute Gasteiger partial charge is 0.140 e. The fraction of sp³-hybridized carbons (Fsp3) is 0.625. The fourth-order valence-corrected chi connectivity index (χ4v) is 0.795. The van der Waals surface area contributed by atoms with E-state index >= 15 is 0 Å². The SMILES string of the molecule is COCCOn1cc(C)c(C)n1. The Morgan fingerprint density at radius 1 is 1.42 bits per heavy atom. The van der Waals surface area contributed by atoms with Gasteiger partial charge in [-0.15, -0.1) is 9.94 Å². The molecule has 0 unspecified atom stereocenters. The maximum atomic E-state index is 5.23. The second-order valence-corrected chi connectivity index (χ2v) is 2.63. The van der Waals surface area contributed by atoms with Crippen molar-refractivity contribution in [1.29, 1.82) is 0 Å². The van der Waals surface area contributed by atoms with Crippen molar-refractivity contribution in [3.05, 3.63) is 17.5 Å². The lowest BCUT2D eigenvalue weighted by atomic mass is 10.3. The summed E-state index contributed by atoms with van der Waals surface area (Å²) in [6.45, 7) is 5.05. The molecular weight excluding hydrogens is 156 g/mol. The van der Waals surface area contributed by atoms with Gasteiger partial charge in [-0.05, 0) is 19.4 Å². The summed E-state index contributed by atoms with van der Waals surface area (Å²) in [4.78, 5) is 6.70. The van der Waals surface area contributed by atoms with Crippen LogP contribution in [0.5, 0.6) is 0 Å². The van der Waals surface area contributed by atoms with E-state index < -0.39 is 0 Å². The molecule has 0 atom stereocenters. The number of ether oxygens (including phenoxy) is 1. The predicted octanol–water partition coefficient (Wildman–Crippen LogP) is 0.575. The lowest BCUT2D eigenvalue weighted by Gasteiger charge is -2.02. The minimum Gasteiger partial charge on any atom is -0.394 e. The molecule has 0 saturated heterocycles. The van der Waals surface area contributed by atoms with Gasteiger partial charge in [-0.25, -0.2) is 0 Å². The molecule has 0 aromatic carbocycles. The highest BCUT2D eigenvalue weighted by molar-refractivity contribution is 5.11. The summed E-state index contributed by atoms with van der Waals surface area (Å²) >= 11 is 0. The van der Waals surface area contributed by atoms with Gasteiger partial charge < -0.3 is 9.57 Å².